The Kier molecular flexibility index (Phi) is 6.96. The molecule has 0 unspecified atom stereocenters. The summed E-state index contributed by atoms with van der Waals surface area (Å²) in [7, 11) is 0. The molecule has 11 heteroatoms. The highest BCUT2D eigenvalue weighted by Gasteiger charge is 2.27. The second kappa shape index (κ2) is 9.83. The molecule has 0 aliphatic rings. The number of tetrazole rings is 1. The minimum absolute atomic E-state index is 0.0217. The zero-order chi connectivity index (χ0) is 22.4. The van der Waals surface area contributed by atoms with Crippen LogP contribution in [-0.4, -0.2) is 42.2 Å². The Labute approximate surface area is 178 Å². The Morgan fingerprint density at radius 2 is 1.90 bits per heavy atom. The fourth-order valence-corrected chi connectivity index (χ4v) is 3.28. The molecule has 0 saturated heterocycles. The van der Waals surface area contributed by atoms with E-state index >= 15 is 0 Å². The second-order valence-corrected chi connectivity index (χ2v) is 7.08. The minimum atomic E-state index is -0.695. The summed E-state index contributed by atoms with van der Waals surface area (Å²) in [5.41, 5.74) is 5.72. The van der Waals surface area contributed by atoms with Gasteiger partial charge in [-0.15, -0.1) is 5.10 Å². The number of anilines is 2. The molecule has 3 rings (SSSR count). The lowest BCUT2D eigenvalue weighted by Gasteiger charge is -2.25. The maximum Gasteiger partial charge on any atom is 0.330 e. The molecule has 164 valence electrons. The monoisotopic (exact) mass is 426 g/mol. The Morgan fingerprint density at radius 3 is 2.58 bits per heavy atom. The van der Waals surface area contributed by atoms with Gasteiger partial charge < -0.3 is 10.6 Å². The molecule has 0 aliphatic carbocycles. The number of nitrogen functional groups attached to an aromatic ring is 1. The molecule has 0 aliphatic heterocycles. The number of nitrogens with two attached hydrogens (primary N) is 1. The molecule has 2 aromatic heterocycles. The summed E-state index contributed by atoms with van der Waals surface area (Å²) in [4.78, 5) is 42.3. The second-order valence-electron chi connectivity index (χ2n) is 7.08. The summed E-state index contributed by atoms with van der Waals surface area (Å²) in [5, 5.41) is 11.1. The number of amides is 1. The van der Waals surface area contributed by atoms with Crippen LogP contribution in [0.3, 0.4) is 0 Å². The molecule has 0 saturated carbocycles. The highest BCUT2D eigenvalue weighted by atomic mass is 16.2. The average Bonchev–Trinajstić information content (AvgIpc) is 3.30. The van der Waals surface area contributed by atoms with Crippen LogP contribution >= 0.6 is 0 Å². The number of hydrogen-bond donors (Lipinski definition) is 2. The molecule has 0 spiro atoms. The molecule has 0 atom stereocenters. The minimum Gasteiger partial charge on any atom is -0.383 e. The molecular weight excluding hydrogens is 400 g/mol. The van der Waals surface area contributed by atoms with Crippen LogP contribution in [0.5, 0.6) is 0 Å². The largest absolute Gasteiger partial charge is 0.383 e. The zero-order valence-corrected chi connectivity index (χ0v) is 17.6. The van der Waals surface area contributed by atoms with E-state index in [9.17, 15) is 14.4 Å². The number of nitrogens with zero attached hydrogens (tertiary/aromatic N) is 6. The van der Waals surface area contributed by atoms with Gasteiger partial charge in [0.1, 0.15) is 12.1 Å². The van der Waals surface area contributed by atoms with Gasteiger partial charge in [0.05, 0.1) is 11.3 Å². The summed E-state index contributed by atoms with van der Waals surface area (Å²) < 4.78 is 2.68. The molecule has 0 fully saturated rings. The van der Waals surface area contributed by atoms with Crippen molar-refractivity contribution in [1.29, 1.82) is 0 Å². The van der Waals surface area contributed by atoms with E-state index in [1.807, 2.05) is 13.8 Å². The van der Waals surface area contributed by atoms with Crippen molar-refractivity contribution in [2.24, 2.45) is 0 Å². The van der Waals surface area contributed by atoms with E-state index in [4.69, 9.17) is 5.73 Å². The van der Waals surface area contributed by atoms with Crippen LogP contribution in [0.4, 0.5) is 11.5 Å². The van der Waals surface area contributed by atoms with Crippen LogP contribution in [0, 0.1) is 0 Å². The lowest BCUT2D eigenvalue weighted by atomic mass is 10.1. The SMILES string of the molecule is CCCCN(C(=O)c1ccccc1-n1cnnn1)c1c(N)n(CCCC)c(=O)[nH]c1=O. The Bertz CT molecular complexity index is 1150. The third-order valence-electron chi connectivity index (χ3n) is 4.93. The summed E-state index contributed by atoms with van der Waals surface area (Å²) in [5.74, 6) is -0.455. The topological polar surface area (TPSA) is 145 Å². The van der Waals surface area contributed by atoms with Gasteiger partial charge in [0, 0.05) is 13.1 Å². The van der Waals surface area contributed by atoms with Crippen LogP contribution in [0.1, 0.15) is 49.9 Å². The van der Waals surface area contributed by atoms with Gasteiger partial charge in [0.2, 0.25) is 0 Å². The van der Waals surface area contributed by atoms with Gasteiger partial charge in [-0.05, 0) is 35.4 Å². The molecule has 0 bridgehead atoms. The van der Waals surface area contributed by atoms with Crippen LogP contribution in [0.25, 0.3) is 5.69 Å². The molecule has 11 nitrogen and oxygen atoms in total. The van der Waals surface area contributed by atoms with Crippen molar-refractivity contribution >= 4 is 17.4 Å². The average molecular weight is 426 g/mol. The number of hydrogen-bond acceptors (Lipinski definition) is 7. The quantitative estimate of drug-likeness (QED) is 0.525. The van der Waals surface area contributed by atoms with E-state index in [-0.39, 0.29) is 18.1 Å². The third-order valence-corrected chi connectivity index (χ3v) is 4.93. The fraction of sp³-hybridized carbons (Fsp3) is 0.400. The summed E-state index contributed by atoms with van der Waals surface area (Å²) in [6.45, 7) is 4.58. The van der Waals surface area contributed by atoms with Crippen molar-refractivity contribution in [2.45, 2.75) is 46.1 Å². The molecule has 0 radical (unpaired) electrons. The first-order chi connectivity index (χ1) is 15.0. The van der Waals surface area contributed by atoms with E-state index < -0.39 is 17.2 Å². The maximum atomic E-state index is 13.6. The number of H-pyrrole nitrogens is 1. The van der Waals surface area contributed by atoms with Crippen LogP contribution in [0.2, 0.25) is 0 Å². The van der Waals surface area contributed by atoms with Crippen LogP contribution in [-0.2, 0) is 6.54 Å². The molecular formula is C20H26N8O3. The Morgan fingerprint density at radius 1 is 1.16 bits per heavy atom. The highest BCUT2D eigenvalue weighted by Crippen LogP contribution is 2.23. The third kappa shape index (κ3) is 4.55. The predicted octanol–water partition coefficient (Wildman–Crippen LogP) is 1.34. The van der Waals surface area contributed by atoms with Crippen molar-refractivity contribution in [2.75, 3.05) is 17.2 Å². The van der Waals surface area contributed by atoms with E-state index in [1.54, 1.807) is 24.3 Å². The molecule has 2 heterocycles. The van der Waals surface area contributed by atoms with Crippen molar-refractivity contribution < 1.29 is 4.79 Å². The number of carbonyl (C=O) groups excluding carboxylic acids is 1. The van der Waals surface area contributed by atoms with Gasteiger partial charge in [0.25, 0.3) is 11.5 Å². The van der Waals surface area contributed by atoms with Crippen molar-refractivity contribution in [3.8, 4) is 5.69 Å². The van der Waals surface area contributed by atoms with Crippen molar-refractivity contribution in [3.05, 3.63) is 57.0 Å². The summed E-state index contributed by atoms with van der Waals surface area (Å²) in [6.07, 6.45) is 4.38. The van der Waals surface area contributed by atoms with Gasteiger partial charge in [0.15, 0.2) is 5.69 Å². The number of nitrogens with one attached hydrogen (secondary N) is 1. The lowest BCUT2D eigenvalue weighted by molar-refractivity contribution is 0.0986. The van der Waals surface area contributed by atoms with E-state index in [0.29, 0.717) is 30.6 Å². The van der Waals surface area contributed by atoms with Crippen LogP contribution in [0.15, 0.2) is 40.2 Å². The Hall–Kier alpha value is -3.76. The summed E-state index contributed by atoms with van der Waals surface area (Å²) in [6, 6.07) is 6.82. The number of carbonyl (C=O) groups is 1. The molecule has 31 heavy (non-hydrogen) atoms. The fourth-order valence-electron chi connectivity index (χ4n) is 3.28. The van der Waals surface area contributed by atoms with Crippen LogP contribution < -0.4 is 21.9 Å². The van der Waals surface area contributed by atoms with Gasteiger partial charge in [-0.2, -0.15) is 4.68 Å². The van der Waals surface area contributed by atoms with E-state index in [2.05, 4.69) is 20.5 Å². The summed E-state index contributed by atoms with van der Waals surface area (Å²) >= 11 is 0. The van der Waals surface area contributed by atoms with E-state index in [0.717, 1.165) is 12.8 Å². The maximum absolute atomic E-state index is 13.6. The first-order valence-corrected chi connectivity index (χ1v) is 10.3. The first-order valence-electron chi connectivity index (χ1n) is 10.3. The molecule has 1 aromatic carbocycles. The van der Waals surface area contributed by atoms with Gasteiger partial charge in [-0.3, -0.25) is 19.1 Å². The zero-order valence-electron chi connectivity index (χ0n) is 17.6. The normalized spacial score (nSPS) is 10.9. The number of benzene rings is 1. The smallest absolute Gasteiger partial charge is 0.330 e. The van der Waals surface area contributed by atoms with Crippen molar-refractivity contribution in [3.63, 3.8) is 0 Å². The van der Waals surface area contributed by atoms with Gasteiger partial charge >= 0.3 is 5.69 Å². The number of unbranched alkanes of at least 4 members (excludes halogenated alkanes) is 2. The number of aromatic amines is 1. The van der Waals surface area contributed by atoms with Crippen molar-refractivity contribution in [1.82, 2.24) is 29.8 Å². The predicted molar refractivity (Wildman–Crippen MR) is 116 cm³/mol. The number of aromatic nitrogens is 6. The number of para-hydroxylation sites is 1. The molecule has 1 amide bonds. The van der Waals surface area contributed by atoms with Gasteiger partial charge in [-0.1, -0.05) is 38.8 Å². The van der Waals surface area contributed by atoms with Gasteiger partial charge in [-0.25, -0.2) is 4.79 Å². The molecule has 3 N–H and O–H groups in total. The highest BCUT2D eigenvalue weighted by molar-refractivity contribution is 6.09. The standard InChI is InChI=1S/C20H26N8O3/c1-3-5-11-26(16-17(21)27(12-6-4-2)20(31)23-18(16)29)19(30)14-9-7-8-10-15(14)28-13-22-24-25-28/h7-10,13H,3-6,11-12,21H2,1-2H3,(H,23,29,31). The number of rotatable bonds is 9. The Balaban J connectivity index is 2.14. The molecule has 3 aromatic rings. The van der Waals surface area contributed by atoms with E-state index in [1.165, 1.54) is 20.5 Å². The first kappa shape index (κ1) is 21.9. The lowest BCUT2D eigenvalue weighted by Crippen LogP contribution is -2.42.